The highest BCUT2D eigenvalue weighted by molar-refractivity contribution is 7.14. The van der Waals surface area contributed by atoms with E-state index in [1.807, 2.05) is 60.8 Å². The Morgan fingerprint density at radius 3 is 2.90 bits per heavy atom. The van der Waals surface area contributed by atoms with E-state index in [2.05, 4.69) is 15.3 Å². The zero-order valence-electron chi connectivity index (χ0n) is 16.0. The van der Waals surface area contributed by atoms with E-state index < -0.39 is 0 Å². The highest BCUT2D eigenvalue weighted by atomic mass is 32.1. The smallest absolute Gasteiger partial charge is 0.250 e. The van der Waals surface area contributed by atoms with Crippen LogP contribution in [0.25, 0.3) is 28.2 Å². The number of aromatic nitrogens is 2. The van der Waals surface area contributed by atoms with Crippen LogP contribution in [0.3, 0.4) is 0 Å². The van der Waals surface area contributed by atoms with E-state index >= 15 is 0 Å². The summed E-state index contributed by atoms with van der Waals surface area (Å²) < 4.78 is 5.43. The number of ether oxygens (including phenoxy) is 1. The minimum atomic E-state index is -0.241. The lowest BCUT2D eigenvalue weighted by Crippen LogP contribution is -2.07. The summed E-state index contributed by atoms with van der Waals surface area (Å²) in [5.41, 5.74) is 4.55. The van der Waals surface area contributed by atoms with Crippen molar-refractivity contribution in [2.24, 2.45) is 0 Å². The molecule has 4 aromatic rings. The monoisotopic (exact) mass is 401 g/mol. The summed E-state index contributed by atoms with van der Waals surface area (Å²) in [5.74, 6) is 0.511. The van der Waals surface area contributed by atoms with Crippen molar-refractivity contribution in [3.8, 4) is 17.0 Å². The molecule has 1 amide bonds. The number of hydrogen-bond donors (Lipinski definition) is 1. The normalized spacial score (nSPS) is 11.1. The zero-order valence-corrected chi connectivity index (χ0v) is 16.9. The molecule has 0 saturated heterocycles. The minimum absolute atomic E-state index is 0.241. The first-order chi connectivity index (χ1) is 14.1. The lowest BCUT2D eigenvalue weighted by Gasteiger charge is -2.07. The average Bonchev–Trinajstić information content (AvgIpc) is 3.20. The molecule has 0 bridgehead atoms. The SMILES string of the molecule is COc1ccc(C)cc1-c1csc(NC(=O)/C=C/c2cccc3cccnc23)n1. The van der Waals surface area contributed by atoms with Crippen LogP contribution in [-0.2, 0) is 4.79 Å². The molecule has 1 N–H and O–H groups in total. The minimum Gasteiger partial charge on any atom is -0.496 e. The van der Waals surface area contributed by atoms with Crippen LogP contribution in [0.2, 0.25) is 0 Å². The number of benzene rings is 2. The van der Waals surface area contributed by atoms with E-state index in [4.69, 9.17) is 4.74 Å². The number of hydrogen-bond acceptors (Lipinski definition) is 5. The number of carbonyl (C=O) groups is 1. The average molecular weight is 401 g/mol. The molecule has 0 atom stereocenters. The van der Waals surface area contributed by atoms with Crippen molar-refractivity contribution in [3.63, 3.8) is 0 Å². The van der Waals surface area contributed by atoms with Crippen molar-refractivity contribution >= 4 is 39.4 Å². The number of pyridine rings is 1. The van der Waals surface area contributed by atoms with Crippen LogP contribution in [0.5, 0.6) is 5.75 Å². The van der Waals surface area contributed by atoms with Gasteiger partial charge in [0.05, 0.1) is 18.3 Å². The molecule has 0 saturated carbocycles. The van der Waals surface area contributed by atoms with Crippen molar-refractivity contribution in [3.05, 3.63) is 77.3 Å². The number of fused-ring (bicyclic) bond motifs is 1. The Kier molecular flexibility index (Phi) is 5.35. The Labute approximate surface area is 172 Å². The number of thiazole rings is 1. The highest BCUT2D eigenvalue weighted by Gasteiger charge is 2.11. The molecular formula is C23H19N3O2S. The third-order valence-electron chi connectivity index (χ3n) is 4.44. The van der Waals surface area contributed by atoms with Gasteiger partial charge >= 0.3 is 0 Å². The number of nitrogens with one attached hydrogen (secondary N) is 1. The molecule has 0 aliphatic rings. The Bertz CT molecular complexity index is 1210. The quantitative estimate of drug-likeness (QED) is 0.459. The third kappa shape index (κ3) is 4.17. The first-order valence-electron chi connectivity index (χ1n) is 9.07. The zero-order chi connectivity index (χ0) is 20.2. The Hall–Kier alpha value is -3.51. The summed E-state index contributed by atoms with van der Waals surface area (Å²) in [6.45, 7) is 2.02. The Morgan fingerprint density at radius 2 is 2.03 bits per heavy atom. The fraction of sp³-hybridized carbons (Fsp3) is 0.0870. The number of aryl methyl sites for hydroxylation is 1. The van der Waals surface area contributed by atoms with Gasteiger partial charge in [0, 0.05) is 34.2 Å². The first-order valence-corrected chi connectivity index (χ1v) is 9.95. The predicted octanol–water partition coefficient (Wildman–Crippen LogP) is 5.33. The van der Waals surface area contributed by atoms with Gasteiger partial charge in [-0.25, -0.2) is 4.98 Å². The van der Waals surface area contributed by atoms with Gasteiger partial charge in [-0.3, -0.25) is 15.1 Å². The fourth-order valence-electron chi connectivity index (χ4n) is 3.05. The molecule has 0 unspecified atom stereocenters. The third-order valence-corrected chi connectivity index (χ3v) is 5.20. The van der Waals surface area contributed by atoms with E-state index in [0.29, 0.717) is 5.13 Å². The molecule has 0 aliphatic carbocycles. The van der Waals surface area contributed by atoms with Gasteiger partial charge in [-0.15, -0.1) is 11.3 Å². The summed E-state index contributed by atoms with van der Waals surface area (Å²) in [7, 11) is 1.64. The maximum absolute atomic E-state index is 12.4. The Balaban J connectivity index is 1.51. The number of amides is 1. The lowest BCUT2D eigenvalue weighted by atomic mass is 10.1. The summed E-state index contributed by atoms with van der Waals surface area (Å²) in [5, 5.41) is 6.30. The molecule has 4 rings (SSSR count). The summed E-state index contributed by atoms with van der Waals surface area (Å²) in [6, 6.07) is 15.7. The number of anilines is 1. The number of rotatable bonds is 5. The van der Waals surface area contributed by atoms with Gasteiger partial charge in [0.2, 0.25) is 5.91 Å². The molecule has 6 heteroatoms. The van der Waals surface area contributed by atoms with Crippen LogP contribution in [-0.4, -0.2) is 23.0 Å². The van der Waals surface area contributed by atoms with Crippen LogP contribution in [0, 0.1) is 6.92 Å². The molecular weight excluding hydrogens is 382 g/mol. The highest BCUT2D eigenvalue weighted by Crippen LogP contribution is 2.33. The second kappa shape index (κ2) is 8.24. The summed E-state index contributed by atoms with van der Waals surface area (Å²) >= 11 is 1.38. The van der Waals surface area contributed by atoms with Gasteiger partial charge < -0.3 is 4.74 Å². The number of nitrogens with zero attached hydrogens (tertiary/aromatic N) is 2. The van der Waals surface area contributed by atoms with Gasteiger partial charge in [-0.05, 0) is 31.2 Å². The van der Waals surface area contributed by atoms with E-state index in [0.717, 1.165) is 39.0 Å². The van der Waals surface area contributed by atoms with Gasteiger partial charge in [-0.1, -0.05) is 35.9 Å². The van der Waals surface area contributed by atoms with E-state index in [1.165, 1.54) is 17.4 Å². The molecule has 144 valence electrons. The molecule has 0 spiro atoms. The molecule has 2 aromatic heterocycles. The number of methoxy groups -OCH3 is 1. The Morgan fingerprint density at radius 1 is 1.17 bits per heavy atom. The van der Waals surface area contributed by atoms with Gasteiger partial charge in [-0.2, -0.15) is 0 Å². The molecule has 2 aromatic carbocycles. The second-order valence-electron chi connectivity index (χ2n) is 6.49. The second-order valence-corrected chi connectivity index (χ2v) is 7.34. The summed E-state index contributed by atoms with van der Waals surface area (Å²) in [6.07, 6.45) is 5.01. The van der Waals surface area contributed by atoms with Crippen molar-refractivity contribution in [2.75, 3.05) is 12.4 Å². The van der Waals surface area contributed by atoms with E-state index in [9.17, 15) is 4.79 Å². The fourth-order valence-corrected chi connectivity index (χ4v) is 3.77. The van der Waals surface area contributed by atoms with Crippen molar-refractivity contribution < 1.29 is 9.53 Å². The molecule has 0 radical (unpaired) electrons. The van der Waals surface area contributed by atoms with Crippen LogP contribution >= 0.6 is 11.3 Å². The van der Waals surface area contributed by atoms with Gasteiger partial charge in [0.15, 0.2) is 5.13 Å². The van der Waals surface area contributed by atoms with Crippen molar-refractivity contribution in [2.45, 2.75) is 6.92 Å². The van der Waals surface area contributed by atoms with Gasteiger partial charge in [0.1, 0.15) is 5.75 Å². The van der Waals surface area contributed by atoms with Crippen LogP contribution < -0.4 is 10.1 Å². The first kappa shape index (κ1) is 18.8. The number of carbonyl (C=O) groups excluding carboxylic acids is 1. The van der Waals surface area contributed by atoms with Crippen molar-refractivity contribution in [1.29, 1.82) is 0 Å². The molecule has 0 fully saturated rings. The molecule has 0 aliphatic heterocycles. The predicted molar refractivity (Wildman–Crippen MR) is 118 cm³/mol. The largest absolute Gasteiger partial charge is 0.496 e. The lowest BCUT2D eigenvalue weighted by molar-refractivity contribution is -0.111. The van der Waals surface area contributed by atoms with Crippen LogP contribution in [0.1, 0.15) is 11.1 Å². The standard InChI is InChI=1S/C23H19N3O2S/c1-15-8-10-20(28-2)18(13-15)19-14-29-23(25-19)26-21(27)11-9-17-6-3-5-16-7-4-12-24-22(16)17/h3-14H,1-2H3,(H,25,26,27)/b11-9+. The van der Waals surface area contributed by atoms with Crippen molar-refractivity contribution in [1.82, 2.24) is 9.97 Å². The van der Waals surface area contributed by atoms with E-state index in [1.54, 1.807) is 19.4 Å². The van der Waals surface area contributed by atoms with Crippen LogP contribution in [0.15, 0.2) is 66.2 Å². The summed E-state index contributed by atoms with van der Waals surface area (Å²) in [4.78, 5) is 21.3. The maximum Gasteiger partial charge on any atom is 0.250 e. The van der Waals surface area contributed by atoms with Crippen LogP contribution in [0.4, 0.5) is 5.13 Å². The van der Waals surface area contributed by atoms with Gasteiger partial charge in [0.25, 0.3) is 0 Å². The molecule has 5 nitrogen and oxygen atoms in total. The molecule has 2 heterocycles. The number of para-hydroxylation sites is 1. The van der Waals surface area contributed by atoms with E-state index in [-0.39, 0.29) is 5.91 Å². The maximum atomic E-state index is 12.4. The topological polar surface area (TPSA) is 64.1 Å². The molecule has 29 heavy (non-hydrogen) atoms.